The molecule has 0 aromatic heterocycles. The maximum absolute atomic E-state index is 12.6. The summed E-state index contributed by atoms with van der Waals surface area (Å²) in [5.41, 5.74) is 0.651. The van der Waals surface area contributed by atoms with Crippen molar-refractivity contribution in [2.24, 2.45) is 5.92 Å². The maximum atomic E-state index is 12.6. The fourth-order valence-electron chi connectivity index (χ4n) is 2.88. The Hall–Kier alpha value is -1.86. The van der Waals surface area contributed by atoms with Gasteiger partial charge < -0.3 is 9.64 Å². The number of carbonyl (C=O) groups excluding carboxylic acids is 1. The average molecular weight is 286 g/mol. The number of nitrogens with zero attached hydrogens (tertiary/aromatic N) is 2. The normalized spacial score (nSPS) is 22.4. The lowest BCUT2D eigenvalue weighted by Crippen LogP contribution is -2.55. The monoisotopic (exact) mass is 286 g/mol. The number of nitriles is 1. The van der Waals surface area contributed by atoms with Crippen LogP contribution in [0.5, 0.6) is 0 Å². The third-order valence-electron chi connectivity index (χ3n) is 3.62. The van der Waals surface area contributed by atoms with E-state index < -0.39 is 5.92 Å². The molecule has 0 radical (unpaired) electrons. The largest absolute Gasteiger partial charge is 0.369 e. The van der Waals surface area contributed by atoms with E-state index in [9.17, 15) is 10.1 Å². The van der Waals surface area contributed by atoms with Crippen molar-refractivity contribution in [1.82, 2.24) is 4.90 Å². The van der Waals surface area contributed by atoms with Gasteiger partial charge in [-0.1, -0.05) is 30.3 Å². The Morgan fingerprint density at radius 3 is 2.71 bits per heavy atom. The van der Waals surface area contributed by atoms with Crippen LogP contribution in [-0.4, -0.2) is 35.6 Å². The van der Waals surface area contributed by atoms with Crippen LogP contribution in [0.3, 0.4) is 0 Å². The van der Waals surface area contributed by atoms with Crippen LogP contribution >= 0.6 is 0 Å². The molecule has 1 heterocycles. The molecule has 0 aliphatic carbocycles. The van der Waals surface area contributed by atoms with Gasteiger partial charge in [0, 0.05) is 13.1 Å². The van der Waals surface area contributed by atoms with Crippen LogP contribution in [0, 0.1) is 17.2 Å². The van der Waals surface area contributed by atoms with Gasteiger partial charge in [0.05, 0.1) is 17.8 Å². The van der Waals surface area contributed by atoms with Crippen molar-refractivity contribution in [1.29, 1.82) is 5.26 Å². The number of morpholine rings is 1. The third kappa shape index (κ3) is 4.05. The molecule has 1 saturated heterocycles. The number of amides is 1. The summed E-state index contributed by atoms with van der Waals surface area (Å²) in [6.07, 6.45) is 0.455. The minimum absolute atomic E-state index is 0.00577. The van der Waals surface area contributed by atoms with Crippen LogP contribution in [-0.2, 0) is 16.0 Å². The van der Waals surface area contributed by atoms with E-state index in [4.69, 9.17) is 4.74 Å². The van der Waals surface area contributed by atoms with E-state index in [1.165, 1.54) is 0 Å². The highest BCUT2D eigenvalue weighted by Gasteiger charge is 2.36. The van der Waals surface area contributed by atoms with E-state index in [1.54, 1.807) is 4.90 Å². The molecule has 1 aliphatic rings. The summed E-state index contributed by atoms with van der Waals surface area (Å²) in [6, 6.07) is 11.8. The maximum Gasteiger partial charge on any atom is 0.240 e. The van der Waals surface area contributed by atoms with Crippen molar-refractivity contribution < 1.29 is 9.53 Å². The smallest absolute Gasteiger partial charge is 0.240 e. The van der Waals surface area contributed by atoms with Crippen molar-refractivity contribution in [3.05, 3.63) is 35.9 Å². The lowest BCUT2D eigenvalue weighted by Gasteiger charge is -2.42. The van der Waals surface area contributed by atoms with Crippen molar-refractivity contribution in [3.8, 4) is 6.07 Å². The first-order chi connectivity index (χ1) is 9.91. The first-order valence-electron chi connectivity index (χ1n) is 7.31. The summed E-state index contributed by atoms with van der Waals surface area (Å²) in [7, 11) is 0. The number of benzene rings is 1. The molecule has 0 bridgehead atoms. The second-order valence-electron chi connectivity index (χ2n) is 6.28. The summed E-state index contributed by atoms with van der Waals surface area (Å²) in [5.74, 6) is -0.724. The summed E-state index contributed by atoms with van der Waals surface area (Å²) in [6.45, 7) is 6.99. The predicted octanol–water partition coefficient (Wildman–Crippen LogP) is 2.39. The van der Waals surface area contributed by atoms with Gasteiger partial charge in [-0.05, 0) is 32.8 Å². The van der Waals surface area contributed by atoms with Gasteiger partial charge in [-0.25, -0.2) is 0 Å². The van der Waals surface area contributed by atoms with Crippen LogP contribution in [0.1, 0.15) is 26.3 Å². The first-order valence-corrected chi connectivity index (χ1v) is 7.31. The van der Waals surface area contributed by atoms with Crippen LogP contribution in [0.2, 0.25) is 0 Å². The standard InChI is InChI=1S/C17H22N2O2/c1-13-11-19(12-17(2,3)21-13)16(20)15(10-18)9-14-7-5-4-6-8-14/h4-8,13,15H,9,11-12H2,1-3H3. The molecule has 21 heavy (non-hydrogen) atoms. The summed E-state index contributed by atoms with van der Waals surface area (Å²) in [5, 5.41) is 9.36. The third-order valence-corrected chi connectivity index (χ3v) is 3.62. The number of ether oxygens (including phenoxy) is 1. The van der Waals surface area contributed by atoms with E-state index in [2.05, 4.69) is 6.07 Å². The number of rotatable bonds is 3. The van der Waals surface area contributed by atoms with Crippen LogP contribution in [0.4, 0.5) is 0 Å². The fourth-order valence-corrected chi connectivity index (χ4v) is 2.88. The van der Waals surface area contributed by atoms with E-state index >= 15 is 0 Å². The molecule has 1 fully saturated rings. The van der Waals surface area contributed by atoms with Crippen molar-refractivity contribution in [2.45, 2.75) is 38.9 Å². The zero-order valence-electron chi connectivity index (χ0n) is 12.9. The van der Waals surface area contributed by atoms with Gasteiger partial charge in [-0.3, -0.25) is 4.79 Å². The molecule has 1 aromatic carbocycles. The summed E-state index contributed by atoms with van der Waals surface area (Å²) in [4.78, 5) is 14.4. The Kier molecular flexibility index (Phi) is 4.64. The molecule has 1 aromatic rings. The second-order valence-corrected chi connectivity index (χ2v) is 6.28. The van der Waals surface area contributed by atoms with Crippen LogP contribution in [0.15, 0.2) is 30.3 Å². The van der Waals surface area contributed by atoms with Crippen molar-refractivity contribution >= 4 is 5.91 Å². The van der Waals surface area contributed by atoms with Gasteiger partial charge in [0.15, 0.2) is 0 Å². The van der Waals surface area contributed by atoms with E-state index in [-0.39, 0.29) is 17.6 Å². The van der Waals surface area contributed by atoms with Crippen LogP contribution < -0.4 is 0 Å². The Morgan fingerprint density at radius 1 is 1.48 bits per heavy atom. The topological polar surface area (TPSA) is 53.3 Å². The van der Waals surface area contributed by atoms with Gasteiger partial charge in [0.25, 0.3) is 0 Å². The van der Waals surface area contributed by atoms with E-state index in [0.717, 1.165) is 5.56 Å². The van der Waals surface area contributed by atoms with Crippen LogP contribution in [0.25, 0.3) is 0 Å². The van der Waals surface area contributed by atoms with Crippen molar-refractivity contribution in [2.75, 3.05) is 13.1 Å². The second kappa shape index (κ2) is 6.28. The molecule has 4 nitrogen and oxygen atoms in total. The Morgan fingerprint density at radius 2 is 2.14 bits per heavy atom. The van der Waals surface area contributed by atoms with Gasteiger partial charge in [-0.15, -0.1) is 0 Å². The van der Waals surface area contributed by atoms with E-state index in [0.29, 0.717) is 19.5 Å². The molecule has 0 N–H and O–H groups in total. The molecule has 2 rings (SSSR count). The zero-order chi connectivity index (χ0) is 15.5. The van der Waals surface area contributed by atoms with Gasteiger partial charge >= 0.3 is 0 Å². The highest BCUT2D eigenvalue weighted by atomic mass is 16.5. The Bertz CT molecular complexity index is 533. The summed E-state index contributed by atoms with van der Waals surface area (Å²) < 4.78 is 5.81. The van der Waals surface area contributed by atoms with E-state index in [1.807, 2.05) is 51.1 Å². The number of carbonyl (C=O) groups is 1. The quantitative estimate of drug-likeness (QED) is 0.857. The van der Waals surface area contributed by atoms with Gasteiger partial charge in [0.1, 0.15) is 5.92 Å². The number of hydrogen-bond donors (Lipinski definition) is 0. The minimum Gasteiger partial charge on any atom is -0.369 e. The highest BCUT2D eigenvalue weighted by Crippen LogP contribution is 2.23. The van der Waals surface area contributed by atoms with Gasteiger partial charge in [-0.2, -0.15) is 5.26 Å². The number of hydrogen-bond acceptors (Lipinski definition) is 3. The predicted molar refractivity (Wildman–Crippen MR) is 80.5 cm³/mol. The molecular weight excluding hydrogens is 264 g/mol. The Labute approximate surface area is 126 Å². The SMILES string of the molecule is CC1CN(C(=O)C(C#N)Cc2ccccc2)CC(C)(C)O1. The van der Waals surface area contributed by atoms with Gasteiger partial charge in [0.2, 0.25) is 5.91 Å². The molecular formula is C17H22N2O2. The molecule has 0 spiro atoms. The molecule has 2 unspecified atom stereocenters. The Balaban J connectivity index is 2.08. The lowest BCUT2D eigenvalue weighted by atomic mass is 9.97. The molecule has 0 saturated carbocycles. The minimum atomic E-state index is -0.631. The highest BCUT2D eigenvalue weighted by molar-refractivity contribution is 5.81. The molecule has 112 valence electrons. The first kappa shape index (κ1) is 15.5. The average Bonchev–Trinajstić information content (AvgIpc) is 2.43. The molecule has 2 atom stereocenters. The van der Waals surface area contributed by atoms with Crippen molar-refractivity contribution in [3.63, 3.8) is 0 Å². The fraction of sp³-hybridized carbons (Fsp3) is 0.529. The molecule has 1 aliphatic heterocycles. The molecule has 4 heteroatoms. The molecule has 1 amide bonds. The zero-order valence-corrected chi connectivity index (χ0v) is 12.9. The summed E-state index contributed by atoms with van der Waals surface area (Å²) >= 11 is 0. The lowest BCUT2D eigenvalue weighted by molar-refractivity contribution is -0.160.